The van der Waals surface area contributed by atoms with Crippen LogP contribution in [0.2, 0.25) is 0 Å². The molecule has 0 spiro atoms. The maximum atomic E-state index is 13.5. The summed E-state index contributed by atoms with van der Waals surface area (Å²) in [6.07, 6.45) is 0.870. The Morgan fingerprint density at radius 1 is 1.32 bits per heavy atom. The molecule has 0 saturated carbocycles. The summed E-state index contributed by atoms with van der Waals surface area (Å²) in [5, 5.41) is 10.9. The first-order chi connectivity index (χ1) is 10.5. The van der Waals surface area contributed by atoms with Crippen molar-refractivity contribution in [1.82, 2.24) is 4.90 Å². The molecule has 0 N–H and O–H groups in total. The normalized spacial score (nSPS) is 18.0. The van der Waals surface area contributed by atoms with Crippen molar-refractivity contribution in [3.63, 3.8) is 0 Å². The third-order valence-corrected chi connectivity index (χ3v) is 4.28. The van der Waals surface area contributed by atoms with E-state index < -0.39 is 0 Å². The Balaban J connectivity index is 1.82. The molecule has 0 radical (unpaired) electrons. The molecule has 1 aliphatic rings. The van der Waals surface area contributed by atoms with Gasteiger partial charge in [-0.25, -0.2) is 4.39 Å². The summed E-state index contributed by atoms with van der Waals surface area (Å²) in [6, 6.07) is 11.7. The van der Waals surface area contributed by atoms with Gasteiger partial charge in [0.15, 0.2) is 0 Å². The molecular formula is C17H17FN2O2. The maximum Gasteiger partial charge on any atom is 0.269 e. The highest BCUT2D eigenvalue weighted by atomic mass is 19.1. The van der Waals surface area contributed by atoms with Gasteiger partial charge in [0.25, 0.3) is 5.69 Å². The van der Waals surface area contributed by atoms with Crippen molar-refractivity contribution in [2.24, 2.45) is 0 Å². The Kier molecular flexibility index (Phi) is 3.90. The molecule has 114 valence electrons. The fourth-order valence-corrected chi connectivity index (χ4v) is 3.06. The van der Waals surface area contributed by atoms with Crippen molar-refractivity contribution < 1.29 is 9.31 Å². The predicted molar refractivity (Wildman–Crippen MR) is 82.0 cm³/mol. The van der Waals surface area contributed by atoms with Gasteiger partial charge in [-0.1, -0.05) is 18.2 Å². The van der Waals surface area contributed by atoms with Crippen LogP contribution in [-0.2, 0) is 13.0 Å². The summed E-state index contributed by atoms with van der Waals surface area (Å²) < 4.78 is 13.5. The molecule has 0 bridgehead atoms. The first kappa shape index (κ1) is 14.7. The molecular weight excluding hydrogens is 283 g/mol. The maximum absolute atomic E-state index is 13.5. The number of hydrogen-bond donors (Lipinski definition) is 0. The van der Waals surface area contributed by atoms with E-state index in [2.05, 4.69) is 11.8 Å². The van der Waals surface area contributed by atoms with E-state index in [1.54, 1.807) is 18.2 Å². The monoisotopic (exact) mass is 300 g/mol. The second-order valence-corrected chi connectivity index (χ2v) is 5.67. The van der Waals surface area contributed by atoms with E-state index in [9.17, 15) is 14.5 Å². The lowest BCUT2D eigenvalue weighted by Gasteiger charge is -2.35. The van der Waals surface area contributed by atoms with Crippen LogP contribution in [0.3, 0.4) is 0 Å². The molecule has 0 fully saturated rings. The molecule has 0 aromatic heterocycles. The minimum atomic E-state index is -0.381. The van der Waals surface area contributed by atoms with Gasteiger partial charge in [0.1, 0.15) is 5.82 Å². The molecule has 0 aliphatic carbocycles. The second kappa shape index (κ2) is 5.85. The minimum absolute atomic E-state index is 0.0960. The van der Waals surface area contributed by atoms with E-state index in [1.165, 1.54) is 17.7 Å². The van der Waals surface area contributed by atoms with Crippen molar-refractivity contribution in [2.75, 3.05) is 6.54 Å². The van der Waals surface area contributed by atoms with Gasteiger partial charge in [0, 0.05) is 31.3 Å². The molecule has 1 unspecified atom stereocenters. The molecule has 1 aliphatic heterocycles. The number of fused-ring (bicyclic) bond motifs is 1. The van der Waals surface area contributed by atoms with Gasteiger partial charge in [-0.3, -0.25) is 15.0 Å². The zero-order valence-electron chi connectivity index (χ0n) is 12.3. The molecule has 4 nitrogen and oxygen atoms in total. The zero-order chi connectivity index (χ0) is 15.7. The summed E-state index contributed by atoms with van der Waals surface area (Å²) >= 11 is 0. The van der Waals surface area contributed by atoms with Gasteiger partial charge in [-0.15, -0.1) is 0 Å². The summed E-state index contributed by atoms with van der Waals surface area (Å²) in [5.74, 6) is -0.220. The highest BCUT2D eigenvalue weighted by Gasteiger charge is 2.24. The van der Waals surface area contributed by atoms with Gasteiger partial charge in [-0.05, 0) is 42.2 Å². The van der Waals surface area contributed by atoms with Crippen molar-refractivity contribution in [3.8, 4) is 0 Å². The summed E-state index contributed by atoms with van der Waals surface area (Å²) in [7, 11) is 0. The predicted octanol–water partition coefficient (Wildman–Crippen LogP) is 3.85. The Morgan fingerprint density at radius 2 is 2.14 bits per heavy atom. The third-order valence-electron chi connectivity index (χ3n) is 4.28. The molecule has 0 saturated heterocycles. The van der Waals surface area contributed by atoms with Crippen molar-refractivity contribution in [2.45, 2.75) is 25.9 Å². The number of hydrogen-bond acceptors (Lipinski definition) is 3. The van der Waals surface area contributed by atoms with Gasteiger partial charge in [0.2, 0.25) is 0 Å². The summed E-state index contributed by atoms with van der Waals surface area (Å²) in [6.45, 7) is 3.54. The first-order valence-corrected chi connectivity index (χ1v) is 7.30. The SMILES string of the molecule is CC1c2cc(F)ccc2CCN1Cc1cccc([N+](=O)[O-])c1. The fourth-order valence-electron chi connectivity index (χ4n) is 3.06. The molecule has 0 amide bonds. The van der Waals surface area contributed by atoms with Crippen LogP contribution in [0, 0.1) is 15.9 Å². The molecule has 1 atom stereocenters. The summed E-state index contributed by atoms with van der Waals surface area (Å²) in [5.41, 5.74) is 3.20. The smallest absolute Gasteiger partial charge is 0.269 e. The molecule has 2 aromatic carbocycles. The van der Waals surface area contributed by atoms with Gasteiger partial charge in [-0.2, -0.15) is 0 Å². The third kappa shape index (κ3) is 2.85. The van der Waals surface area contributed by atoms with E-state index in [0.29, 0.717) is 6.54 Å². The average molecular weight is 300 g/mol. The minimum Gasteiger partial charge on any atom is -0.292 e. The number of halogens is 1. The standard InChI is InChI=1S/C17H17FN2O2/c1-12-17-10-15(18)6-5-14(17)7-8-19(12)11-13-3-2-4-16(9-13)20(21)22/h2-6,9-10,12H,7-8,11H2,1H3. The van der Waals surface area contributed by atoms with Gasteiger partial charge >= 0.3 is 0 Å². The van der Waals surface area contributed by atoms with Crippen molar-refractivity contribution >= 4 is 5.69 Å². The Bertz CT molecular complexity index is 718. The molecule has 22 heavy (non-hydrogen) atoms. The molecule has 3 rings (SSSR count). The van der Waals surface area contributed by atoms with E-state index in [1.807, 2.05) is 12.1 Å². The van der Waals surface area contributed by atoms with Crippen LogP contribution in [0.4, 0.5) is 10.1 Å². The fraction of sp³-hybridized carbons (Fsp3) is 0.294. The number of nitro groups is 1. The number of nitrogens with zero attached hydrogens (tertiary/aromatic N) is 2. The van der Waals surface area contributed by atoms with Crippen LogP contribution in [-0.4, -0.2) is 16.4 Å². The van der Waals surface area contributed by atoms with Crippen LogP contribution < -0.4 is 0 Å². The number of nitro benzene ring substituents is 1. The van der Waals surface area contributed by atoms with Gasteiger partial charge < -0.3 is 0 Å². The number of rotatable bonds is 3. The Morgan fingerprint density at radius 3 is 2.91 bits per heavy atom. The first-order valence-electron chi connectivity index (χ1n) is 7.30. The highest BCUT2D eigenvalue weighted by Crippen LogP contribution is 2.31. The molecule has 2 aromatic rings. The van der Waals surface area contributed by atoms with Crippen LogP contribution in [0.1, 0.15) is 29.7 Å². The van der Waals surface area contributed by atoms with Crippen molar-refractivity contribution in [3.05, 3.63) is 75.1 Å². The Labute approximate surface area is 128 Å². The molecule has 5 heteroatoms. The lowest BCUT2D eigenvalue weighted by atomic mass is 9.93. The number of non-ortho nitro benzene ring substituents is 1. The lowest BCUT2D eigenvalue weighted by molar-refractivity contribution is -0.384. The van der Waals surface area contributed by atoms with E-state index >= 15 is 0 Å². The number of benzene rings is 2. The van der Waals surface area contributed by atoms with E-state index in [-0.39, 0.29) is 22.5 Å². The lowest BCUT2D eigenvalue weighted by Crippen LogP contribution is -2.33. The molecule has 1 heterocycles. The van der Waals surface area contributed by atoms with Crippen molar-refractivity contribution in [1.29, 1.82) is 0 Å². The van der Waals surface area contributed by atoms with Crippen LogP contribution >= 0.6 is 0 Å². The largest absolute Gasteiger partial charge is 0.292 e. The quantitative estimate of drug-likeness (QED) is 0.639. The highest BCUT2D eigenvalue weighted by molar-refractivity contribution is 5.36. The Hall–Kier alpha value is -2.27. The van der Waals surface area contributed by atoms with Crippen LogP contribution in [0.25, 0.3) is 0 Å². The summed E-state index contributed by atoms with van der Waals surface area (Å²) in [4.78, 5) is 12.7. The van der Waals surface area contributed by atoms with Crippen LogP contribution in [0.5, 0.6) is 0 Å². The van der Waals surface area contributed by atoms with E-state index in [0.717, 1.165) is 24.1 Å². The second-order valence-electron chi connectivity index (χ2n) is 5.67. The topological polar surface area (TPSA) is 46.4 Å². The van der Waals surface area contributed by atoms with Crippen LogP contribution in [0.15, 0.2) is 42.5 Å². The van der Waals surface area contributed by atoms with Gasteiger partial charge in [0.05, 0.1) is 4.92 Å². The van der Waals surface area contributed by atoms with E-state index in [4.69, 9.17) is 0 Å². The zero-order valence-corrected chi connectivity index (χ0v) is 12.3. The average Bonchev–Trinajstić information content (AvgIpc) is 2.51.